The summed E-state index contributed by atoms with van der Waals surface area (Å²) >= 11 is 6.00. The summed E-state index contributed by atoms with van der Waals surface area (Å²) in [6.07, 6.45) is 1.49. The fraction of sp³-hybridized carbons (Fsp3) is 0.143. The van der Waals surface area contributed by atoms with Gasteiger partial charge < -0.3 is 10.6 Å². The fourth-order valence-electron chi connectivity index (χ4n) is 1.67. The van der Waals surface area contributed by atoms with Gasteiger partial charge in [-0.3, -0.25) is 4.79 Å². The van der Waals surface area contributed by atoms with Gasteiger partial charge in [0.1, 0.15) is 5.82 Å². The summed E-state index contributed by atoms with van der Waals surface area (Å²) in [6.45, 7) is 1.97. The average Bonchev–Trinajstić information content (AvgIpc) is 2.38. The molecule has 5 heteroatoms. The first-order valence-corrected chi connectivity index (χ1v) is 6.19. The molecule has 1 heterocycles. The lowest BCUT2D eigenvalue weighted by molar-refractivity contribution is 0.102. The summed E-state index contributed by atoms with van der Waals surface area (Å²) in [5.41, 5.74) is 2.25. The number of nitrogens with one attached hydrogen (secondary N) is 2. The maximum atomic E-state index is 12.0. The summed E-state index contributed by atoms with van der Waals surface area (Å²) in [6, 6.07) is 9.18. The first-order chi connectivity index (χ1) is 9.10. The number of anilines is 2. The van der Waals surface area contributed by atoms with E-state index in [1.807, 2.05) is 31.2 Å². The van der Waals surface area contributed by atoms with Gasteiger partial charge >= 0.3 is 0 Å². The molecule has 0 atom stereocenters. The van der Waals surface area contributed by atoms with Crippen molar-refractivity contribution in [1.82, 2.24) is 4.98 Å². The molecule has 0 saturated carbocycles. The van der Waals surface area contributed by atoms with Gasteiger partial charge in [-0.1, -0.05) is 23.7 Å². The van der Waals surface area contributed by atoms with Crippen molar-refractivity contribution in [3.8, 4) is 0 Å². The van der Waals surface area contributed by atoms with Crippen molar-refractivity contribution in [2.24, 2.45) is 0 Å². The Bertz CT molecular complexity index is 613. The van der Waals surface area contributed by atoms with Crippen LogP contribution in [0.5, 0.6) is 0 Å². The van der Waals surface area contributed by atoms with Gasteiger partial charge in [-0.2, -0.15) is 0 Å². The molecule has 0 spiro atoms. The summed E-state index contributed by atoms with van der Waals surface area (Å²) in [5, 5.41) is 6.07. The molecule has 0 aliphatic carbocycles. The molecule has 98 valence electrons. The van der Waals surface area contributed by atoms with Crippen LogP contribution < -0.4 is 10.6 Å². The van der Waals surface area contributed by atoms with Crippen molar-refractivity contribution in [2.75, 3.05) is 17.7 Å². The summed E-state index contributed by atoms with van der Waals surface area (Å²) in [5.74, 6) is 0.316. The minimum absolute atomic E-state index is 0.234. The van der Waals surface area contributed by atoms with Crippen molar-refractivity contribution in [2.45, 2.75) is 6.92 Å². The number of amides is 1. The number of hydrogen-bond acceptors (Lipinski definition) is 3. The third-order valence-electron chi connectivity index (χ3n) is 2.62. The lowest BCUT2D eigenvalue weighted by atomic mass is 10.2. The van der Waals surface area contributed by atoms with Gasteiger partial charge in [0.2, 0.25) is 0 Å². The van der Waals surface area contributed by atoms with Crippen LogP contribution in [0.4, 0.5) is 11.5 Å². The Morgan fingerprint density at radius 2 is 2.11 bits per heavy atom. The van der Waals surface area contributed by atoms with Crippen LogP contribution in [0.25, 0.3) is 0 Å². The first kappa shape index (κ1) is 13.4. The van der Waals surface area contributed by atoms with E-state index in [4.69, 9.17) is 11.6 Å². The molecule has 2 N–H and O–H groups in total. The quantitative estimate of drug-likeness (QED) is 0.903. The number of carbonyl (C=O) groups is 1. The zero-order valence-corrected chi connectivity index (χ0v) is 11.5. The first-order valence-electron chi connectivity index (χ1n) is 5.81. The highest BCUT2D eigenvalue weighted by Crippen LogP contribution is 2.20. The van der Waals surface area contributed by atoms with Gasteiger partial charge in [-0.25, -0.2) is 4.98 Å². The van der Waals surface area contributed by atoms with Crippen molar-refractivity contribution in [3.63, 3.8) is 0 Å². The number of rotatable bonds is 3. The second kappa shape index (κ2) is 5.71. The predicted molar refractivity (Wildman–Crippen MR) is 77.9 cm³/mol. The Morgan fingerprint density at radius 3 is 2.74 bits per heavy atom. The minimum Gasteiger partial charge on any atom is -0.372 e. The van der Waals surface area contributed by atoms with Crippen LogP contribution >= 0.6 is 11.6 Å². The van der Waals surface area contributed by atoms with E-state index in [0.717, 1.165) is 11.3 Å². The van der Waals surface area contributed by atoms with Crippen molar-refractivity contribution in [3.05, 3.63) is 52.7 Å². The summed E-state index contributed by atoms with van der Waals surface area (Å²) < 4.78 is 0. The average molecular weight is 276 g/mol. The molecular weight excluding hydrogens is 262 g/mol. The van der Waals surface area contributed by atoms with Gasteiger partial charge in [0.15, 0.2) is 0 Å². The van der Waals surface area contributed by atoms with Crippen molar-refractivity contribution >= 4 is 29.0 Å². The molecule has 19 heavy (non-hydrogen) atoms. The number of halogens is 1. The number of carbonyl (C=O) groups excluding carboxylic acids is 1. The normalized spacial score (nSPS) is 10.1. The number of benzene rings is 1. The second-order valence-electron chi connectivity index (χ2n) is 4.13. The monoisotopic (exact) mass is 275 g/mol. The van der Waals surface area contributed by atoms with E-state index in [-0.39, 0.29) is 5.91 Å². The topological polar surface area (TPSA) is 54.0 Å². The Balaban J connectivity index is 2.18. The van der Waals surface area contributed by atoms with Crippen LogP contribution in [0.1, 0.15) is 15.9 Å². The van der Waals surface area contributed by atoms with Crippen LogP contribution in [0, 0.1) is 6.92 Å². The maximum Gasteiger partial charge on any atom is 0.257 e. The van der Waals surface area contributed by atoms with E-state index < -0.39 is 0 Å². The number of aryl methyl sites for hydroxylation is 1. The van der Waals surface area contributed by atoms with Crippen molar-refractivity contribution in [1.29, 1.82) is 0 Å². The van der Waals surface area contributed by atoms with Crippen LogP contribution in [0.15, 0.2) is 36.5 Å². The minimum atomic E-state index is -0.234. The largest absolute Gasteiger partial charge is 0.372 e. The Labute approximate surface area is 116 Å². The number of nitrogens with zero attached hydrogens (tertiary/aromatic N) is 1. The number of aromatic nitrogens is 1. The molecule has 0 bridgehead atoms. The summed E-state index contributed by atoms with van der Waals surface area (Å²) in [7, 11) is 1.72. The second-order valence-corrected chi connectivity index (χ2v) is 4.54. The highest BCUT2D eigenvalue weighted by atomic mass is 35.5. The van der Waals surface area contributed by atoms with Gasteiger partial charge in [0.25, 0.3) is 5.91 Å². The van der Waals surface area contributed by atoms with E-state index in [1.54, 1.807) is 13.1 Å². The van der Waals surface area contributed by atoms with E-state index in [9.17, 15) is 4.79 Å². The smallest absolute Gasteiger partial charge is 0.257 e. The van der Waals surface area contributed by atoms with E-state index in [0.29, 0.717) is 16.4 Å². The molecule has 0 saturated heterocycles. The zero-order chi connectivity index (χ0) is 13.8. The molecule has 0 aliphatic heterocycles. The van der Waals surface area contributed by atoms with Gasteiger partial charge in [-0.05, 0) is 30.7 Å². The molecule has 1 aromatic heterocycles. The summed E-state index contributed by atoms with van der Waals surface area (Å²) in [4.78, 5) is 16.1. The predicted octanol–water partition coefficient (Wildman–Crippen LogP) is 3.34. The molecule has 0 radical (unpaired) electrons. The molecule has 0 unspecified atom stereocenters. The van der Waals surface area contributed by atoms with Crippen molar-refractivity contribution < 1.29 is 4.79 Å². The molecule has 1 aromatic carbocycles. The third-order valence-corrected chi connectivity index (χ3v) is 2.90. The molecule has 0 aliphatic rings. The molecule has 2 rings (SSSR count). The lowest BCUT2D eigenvalue weighted by Gasteiger charge is -2.07. The van der Waals surface area contributed by atoms with Crippen LogP contribution in [-0.2, 0) is 0 Å². The van der Waals surface area contributed by atoms with Crippen LogP contribution in [0.2, 0.25) is 5.02 Å². The van der Waals surface area contributed by atoms with Gasteiger partial charge in [0, 0.05) is 18.9 Å². The van der Waals surface area contributed by atoms with Gasteiger partial charge in [-0.15, -0.1) is 0 Å². The van der Waals surface area contributed by atoms with E-state index in [1.165, 1.54) is 6.20 Å². The standard InChI is InChI=1S/C14H14ClN3O/c1-9-4-3-5-11(6-9)18-14(19)10-7-12(15)13(16-2)17-8-10/h3-8H,1-2H3,(H,16,17)(H,18,19). The van der Waals surface area contributed by atoms with E-state index in [2.05, 4.69) is 15.6 Å². The Morgan fingerprint density at radius 1 is 1.32 bits per heavy atom. The molecule has 4 nitrogen and oxygen atoms in total. The number of pyridine rings is 1. The highest BCUT2D eigenvalue weighted by molar-refractivity contribution is 6.33. The Kier molecular flexibility index (Phi) is 4.02. The SMILES string of the molecule is CNc1ncc(C(=O)Nc2cccc(C)c2)cc1Cl. The van der Waals surface area contributed by atoms with Gasteiger partial charge in [0.05, 0.1) is 10.6 Å². The molecule has 1 amide bonds. The molecule has 2 aromatic rings. The van der Waals surface area contributed by atoms with Crippen LogP contribution in [-0.4, -0.2) is 17.9 Å². The Hall–Kier alpha value is -2.07. The van der Waals surface area contributed by atoms with E-state index >= 15 is 0 Å². The molecular formula is C14H14ClN3O. The van der Waals surface area contributed by atoms with Crippen LogP contribution in [0.3, 0.4) is 0 Å². The fourth-order valence-corrected chi connectivity index (χ4v) is 1.93. The molecule has 0 fully saturated rings. The maximum absolute atomic E-state index is 12.0. The number of hydrogen-bond donors (Lipinski definition) is 2. The third kappa shape index (κ3) is 3.23. The highest BCUT2D eigenvalue weighted by Gasteiger charge is 2.09. The lowest BCUT2D eigenvalue weighted by Crippen LogP contribution is -2.12. The zero-order valence-electron chi connectivity index (χ0n) is 10.7.